The van der Waals surface area contributed by atoms with E-state index in [1.807, 2.05) is 0 Å². The van der Waals surface area contributed by atoms with E-state index >= 15 is 0 Å². The maximum absolute atomic E-state index is 5.66. The lowest BCUT2D eigenvalue weighted by molar-refractivity contribution is -0.555. The molecule has 0 saturated carbocycles. The van der Waals surface area contributed by atoms with Gasteiger partial charge in [-0.3, -0.25) is 9.89 Å². The van der Waals surface area contributed by atoms with E-state index in [0.29, 0.717) is 6.04 Å². The lowest BCUT2D eigenvalue weighted by atomic mass is 10.1. The third kappa shape index (κ3) is 3.49. The van der Waals surface area contributed by atoms with Gasteiger partial charge in [0.1, 0.15) is 12.6 Å². The van der Waals surface area contributed by atoms with Crippen LogP contribution in [0.4, 0.5) is 0 Å². The maximum atomic E-state index is 5.66. The standard InChI is InChI=1S/C12H25N3/c1-3-5-6-7-11-10-14-12(4-2)15(11)9-8-13/h11H,3-10,13H2,1-2H3/p+1. The van der Waals surface area contributed by atoms with Gasteiger partial charge in [0.05, 0.1) is 6.54 Å². The zero-order valence-electron chi connectivity index (χ0n) is 10.3. The fourth-order valence-corrected chi connectivity index (χ4v) is 2.34. The molecule has 88 valence electrons. The summed E-state index contributed by atoms with van der Waals surface area (Å²) in [5.41, 5.74) is 5.66. The van der Waals surface area contributed by atoms with Crippen LogP contribution >= 0.6 is 0 Å². The molecule has 0 aromatic heterocycles. The van der Waals surface area contributed by atoms with Crippen LogP contribution in [0.25, 0.3) is 0 Å². The van der Waals surface area contributed by atoms with E-state index in [1.54, 1.807) is 0 Å². The summed E-state index contributed by atoms with van der Waals surface area (Å²) in [4.78, 5) is 0. The van der Waals surface area contributed by atoms with Crippen LogP contribution < -0.4 is 11.1 Å². The van der Waals surface area contributed by atoms with Gasteiger partial charge >= 0.3 is 0 Å². The lowest BCUT2D eigenvalue weighted by Crippen LogP contribution is -2.31. The third-order valence-corrected chi connectivity index (χ3v) is 3.18. The average molecular weight is 212 g/mol. The molecule has 1 aliphatic rings. The smallest absolute Gasteiger partial charge is 0.244 e. The number of nitrogens with two attached hydrogens (primary N) is 1. The molecule has 0 aromatic rings. The van der Waals surface area contributed by atoms with Crippen molar-refractivity contribution in [3.63, 3.8) is 0 Å². The van der Waals surface area contributed by atoms with Gasteiger partial charge in [-0.2, -0.15) is 0 Å². The van der Waals surface area contributed by atoms with E-state index in [1.165, 1.54) is 31.5 Å². The van der Waals surface area contributed by atoms with E-state index in [9.17, 15) is 0 Å². The summed E-state index contributed by atoms with van der Waals surface area (Å²) in [7, 11) is 0. The van der Waals surface area contributed by atoms with Gasteiger partial charge in [0.25, 0.3) is 0 Å². The van der Waals surface area contributed by atoms with Crippen molar-refractivity contribution in [2.45, 2.75) is 52.0 Å². The van der Waals surface area contributed by atoms with Gasteiger partial charge in [-0.1, -0.05) is 26.7 Å². The van der Waals surface area contributed by atoms with Crippen LogP contribution in [0, 0.1) is 0 Å². The molecule has 0 saturated heterocycles. The minimum absolute atomic E-state index is 0.690. The second-order valence-corrected chi connectivity index (χ2v) is 4.31. The molecular formula is C12H26N3+. The number of nitrogens with one attached hydrogen (secondary N) is 1. The molecule has 0 aliphatic carbocycles. The van der Waals surface area contributed by atoms with E-state index in [2.05, 4.69) is 23.7 Å². The van der Waals surface area contributed by atoms with E-state index in [-0.39, 0.29) is 0 Å². The molecule has 1 aliphatic heterocycles. The summed E-state index contributed by atoms with van der Waals surface area (Å²) in [6.07, 6.45) is 6.42. The van der Waals surface area contributed by atoms with Gasteiger partial charge in [-0.25, -0.2) is 0 Å². The molecule has 0 aromatic carbocycles. The predicted octanol–water partition coefficient (Wildman–Crippen LogP) is 1.32. The van der Waals surface area contributed by atoms with Gasteiger partial charge in [0.2, 0.25) is 5.84 Å². The number of hydrogen-bond donors (Lipinski definition) is 2. The van der Waals surface area contributed by atoms with Gasteiger partial charge in [-0.05, 0) is 12.8 Å². The molecule has 3 N–H and O–H groups in total. The Hall–Kier alpha value is -0.570. The van der Waals surface area contributed by atoms with Crippen molar-refractivity contribution >= 4 is 5.84 Å². The van der Waals surface area contributed by atoms with Crippen molar-refractivity contribution in [2.24, 2.45) is 5.73 Å². The fourth-order valence-electron chi connectivity index (χ4n) is 2.34. The summed E-state index contributed by atoms with van der Waals surface area (Å²) in [5.74, 6) is 1.39. The zero-order chi connectivity index (χ0) is 11.1. The normalized spacial score (nSPS) is 20.9. The van der Waals surface area contributed by atoms with E-state index < -0.39 is 0 Å². The minimum atomic E-state index is 0.690. The number of hydrogen-bond acceptors (Lipinski definition) is 2. The van der Waals surface area contributed by atoms with Crippen LogP contribution in [-0.4, -0.2) is 36.1 Å². The Morgan fingerprint density at radius 3 is 2.80 bits per heavy atom. The predicted molar refractivity (Wildman–Crippen MR) is 65.4 cm³/mol. The molecule has 0 amide bonds. The Balaban J connectivity index is 2.46. The summed E-state index contributed by atoms with van der Waals surface area (Å²) in [5, 5.41) is 3.51. The van der Waals surface area contributed by atoms with Crippen LogP contribution in [0.15, 0.2) is 0 Å². The van der Waals surface area contributed by atoms with Crippen molar-refractivity contribution in [1.82, 2.24) is 5.32 Å². The Morgan fingerprint density at radius 2 is 2.20 bits per heavy atom. The Labute approximate surface area is 93.7 Å². The molecule has 1 unspecified atom stereocenters. The molecule has 0 spiro atoms. The van der Waals surface area contributed by atoms with Crippen molar-refractivity contribution in [3.05, 3.63) is 0 Å². The van der Waals surface area contributed by atoms with Crippen LogP contribution in [0.1, 0.15) is 46.0 Å². The van der Waals surface area contributed by atoms with Crippen molar-refractivity contribution < 1.29 is 4.58 Å². The summed E-state index contributed by atoms with van der Waals surface area (Å²) in [6.45, 7) is 7.35. The molecule has 3 heteroatoms. The molecule has 1 heterocycles. The van der Waals surface area contributed by atoms with Gasteiger partial charge in [-0.15, -0.1) is 0 Å². The second kappa shape index (κ2) is 6.83. The van der Waals surface area contributed by atoms with Crippen LogP contribution in [0.3, 0.4) is 0 Å². The van der Waals surface area contributed by atoms with E-state index in [4.69, 9.17) is 5.73 Å². The number of amidine groups is 1. The molecule has 1 atom stereocenters. The largest absolute Gasteiger partial charge is 0.327 e. The molecular weight excluding hydrogens is 186 g/mol. The highest BCUT2D eigenvalue weighted by Gasteiger charge is 2.28. The molecule has 1 rings (SSSR count). The topological polar surface area (TPSA) is 41.1 Å². The lowest BCUT2D eigenvalue weighted by Gasteiger charge is -2.11. The van der Waals surface area contributed by atoms with Crippen LogP contribution in [0.2, 0.25) is 0 Å². The molecule has 3 nitrogen and oxygen atoms in total. The fraction of sp³-hybridized carbons (Fsp3) is 0.917. The number of nitrogens with zero attached hydrogens (tertiary/aromatic N) is 1. The highest BCUT2D eigenvalue weighted by Crippen LogP contribution is 2.10. The third-order valence-electron chi connectivity index (χ3n) is 3.18. The summed E-state index contributed by atoms with van der Waals surface area (Å²) >= 11 is 0. The van der Waals surface area contributed by atoms with Gasteiger partial charge in [0.15, 0.2) is 0 Å². The van der Waals surface area contributed by atoms with Crippen molar-refractivity contribution in [2.75, 3.05) is 19.6 Å². The van der Waals surface area contributed by atoms with Gasteiger partial charge in [0, 0.05) is 13.0 Å². The maximum Gasteiger partial charge on any atom is 0.244 e. The average Bonchev–Trinajstić information content (AvgIpc) is 2.62. The highest BCUT2D eigenvalue weighted by atomic mass is 15.2. The molecule has 0 radical (unpaired) electrons. The quantitative estimate of drug-likeness (QED) is 0.493. The first-order valence-electron chi connectivity index (χ1n) is 6.39. The molecule has 0 bridgehead atoms. The van der Waals surface area contributed by atoms with Crippen LogP contribution in [-0.2, 0) is 0 Å². The monoisotopic (exact) mass is 212 g/mol. The number of unbranched alkanes of at least 4 members (excludes halogenated alkanes) is 2. The Morgan fingerprint density at radius 1 is 1.40 bits per heavy atom. The minimum Gasteiger partial charge on any atom is -0.327 e. The first-order valence-corrected chi connectivity index (χ1v) is 6.39. The second-order valence-electron chi connectivity index (χ2n) is 4.31. The number of rotatable bonds is 7. The summed E-state index contributed by atoms with van der Waals surface area (Å²) < 4.78 is 2.48. The first-order chi connectivity index (χ1) is 7.33. The van der Waals surface area contributed by atoms with E-state index in [0.717, 1.165) is 26.1 Å². The Bertz CT molecular complexity index is 211. The zero-order valence-corrected chi connectivity index (χ0v) is 10.3. The Kier molecular flexibility index (Phi) is 5.69. The van der Waals surface area contributed by atoms with Crippen molar-refractivity contribution in [1.29, 1.82) is 0 Å². The molecule has 0 fully saturated rings. The highest BCUT2D eigenvalue weighted by molar-refractivity contribution is 5.78. The van der Waals surface area contributed by atoms with Gasteiger partial charge < -0.3 is 5.73 Å². The first kappa shape index (κ1) is 12.5. The van der Waals surface area contributed by atoms with Crippen LogP contribution in [0.5, 0.6) is 0 Å². The SMILES string of the molecule is CCCCCC1CNC(CC)=[N+]1CCN. The van der Waals surface area contributed by atoms with Crippen molar-refractivity contribution in [3.8, 4) is 0 Å². The molecule has 15 heavy (non-hydrogen) atoms. The summed E-state index contributed by atoms with van der Waals surface area (Å²) in [6, 6.07) is 0.690.